The summed E-state index contributed by atoms with van der Waals surface area (Å²) in [6, 6.07) is 14.8. The van der Waals surface area contributed by atoms with Crippen LogP contribution in [0.4, 0.5) is 0 Å². The molecule has 0 amide bonds. The Morgan fingerprint density at radius 1 is 1.16 bits per heavy atom. The molecular formula is C15H17BrN2S. The first-order valence-electron chi connectivity index (χ1n) is 6.21. The van der Waals surface area contributed by atoms with Gasteiger partial charge in [0.15, 0.2) is 0 Å². The highest BCUT2D eigenvalue weighted by molar-refractivity contribution is 9.10. The van der Waals surface area contributed by atoms with Gasteiger partial charge >= 0.3 is 0 Å². The van der Waals surface area contributed by atoms with Crippen molar-refractivity contribution in [3.05, 3.63) is 58.7 Å². The fourth-order valence-electron chi connectivity index (χ4n) is 2.03. The average molecular weight is 337 g/mol. The van der Waals surface area contributed by atoms with E-state index in [1.165, 1.54) is 5.56 Å². The molecule has 0 aliphatic carbocycles. The van der Waals surface area contributed by atoms with Crippen LogP contribution in [0.25, 0.3) is 0 Å². The summed E-state index contributed by atoms with van der Waals surface area (Å²) in [6.45, 7) is 2.22. The van der Waals surface area contributed by atoms with Gasteiger partial charge in [0, 0.05) is 22.0 Å². The normalized spacial score (nSPS) is 14.1. The third kappa shape index (κ3) is 3.81. The zero-order valence-corrected chi connectivity index (χ0v) is 13.4. The number of benzene rings is 1. The number of hydrogen-bond acceptors (Lipinski definition) is 3. The zero-order chi connectivity index (χ0) is 13.7. The maximum Gasteiger partial charge on any atom is 0.110 e. The van der Waals surface area contributed by atoms with Crippen molar-refractivity contribution < 1.29 is 0 Å². The molecule has 0 radical (unpaired) electrons. The molecule has 0 aliphatic heterocycles. The molecule has 19 heavy (non-hydrogen) atoms. The predicted octanol–water partition coefficient (Wildman–Crippen LogP) is 4.29. The maximum absolute atomic E-state index is 4.42. The third-order valence-electron chi connectivity index (χ3n) is 2.96. The van der Waals surface area contributed by atoms with Crippen molar-refractivity contribution >= 4 is 27.7 Å². The highest BCUT2D eigenvalue weighted by Crippen LogP contribution is 2.34. The summed E-state index contributed by atoms with van der Waals surface area (Å²) in [5.41, 5.74) is 1.30. The van der Waals surface area contributed by atoms with Crippen LogP contribution in [0.15, 0.2) is 58.2 Å². The first kappa shape index (κ1) is 14.6. The number of hydrogen-bond donors (Lipinski definition) is 1. The molecule has 0 fully saturated rings. The predicted molar refractivity (Wildman–Crippen MR) is 85.5 cm³/mol. The van der Waals surface area contributed by atoms with Gasteiger partial charge in [-0.3, -0.25) is 0 Å². The molecule has 2 rings (SSSR count). The average Bonchev–Trinajstić information content (AvgIpc) is 2.43. The largest absolute Gasteiger partial charge is 0.312 e. The van der Waals surface area contributed by atoms with E-state index in [1.54, 1.807) is 11.8 Å². The molecule has 1 aromatic heterocycles. The Kier molecular flexibility index (Phi) is 5.43. The van der Waals surface area contributed by atoms with Gasteiger partial charge in [0.1, 0.15) is 5.03 Å². The minimum absolute atomic E-state index is 0.306. The van der Waals surface area contributed by atoms with Gasteiger partial charge < -0.3 is 5.32 Å². The fraction of sp³-hybridized carbons (Fsp3) is 0.267. The Balaban J connectivity index is 2.14. The Morgan fingerprint density at radius 2 is 1.89 bits per heavy atom. The van der Waals surface area contributed by atoms with Crippen molar-refractivity contribution in [2.24, 2.45) is 0 Å². The first-order chi connectivity index (χ1) is 9.22. The minimum Gasteiger partial charge on any atom is -0.312 e. The second-order valence-corrected chi connectivity index (χ2v) is 6.51. The summed E-state index contributed by atoms with van der Waals surface area (Å²) >= 11 is 5.33. The maximum atomic E-state index is 4.42. The van der Waals surface area contributed by atoms with Crippen LogP contribution < -0.4 is 5.32 Å². The van der Waals surface area contributed by atoms with Crippen LogP contribution in [-0.4, -0.2) is 17.3 Å². The Hall–Kier alpha value is -0.840. The summed E-state index contributed by atoms with van der Waals surface area (Å²) in [6.07, 6.45) is 1.83. The molecule has 2 nitrogen and oxygen atoms in total. The summed E-state index contributed by atoms with van der Waals surface area (Å²) in [7, 11) is 2.00. The number of nitrogens with zero attached hydrogens (tertiary/aromatic N) is 1. The minimum atomic E-state index is 0.306. The van der Waals surface area contributed by atoms with Gasteiger partial charge in [-0.2, -0.15) is 0 Å². The van der Waals surface area contributed by atoms with Crippen molar-refractivity contribution in [3.8, 4) is 0 Å². The smallest absolute Gasteiger partial charge is 0.110 e. The van der Waals surface area contributed by atoms with E-state index in [0.29, 0.717) is 11.3 Å². The molecule has 0 aliphatic rings. The van der Waals surface area contributed by atoms with E-state index in [-0.39, 0.29) is 0 Å². The van der Waals surface area contributed by atoms with E-state index in [2.05, 4.69) is 57.4 Å². The Bertz CT molecular complexity index is 519. The molecule has 2 atom stereocenters. The number of nitrogens with one attached hydrogen (secondary N) is 1. The van der Waals surface area contributed by atoms with Crippen LogP contribution in [0, 0.1) is 0 Å². The van der Waals surface area contributed by atoms with Gasteiger partial charge in [-0.15, -0.1) is 11.8 Å². The molecule has 1 aromatic carbocycles. The van der Waals surface area contributed by atoms with Gasteiger partial charge in [0.05, 0.1) is 0 Å². The van der Waals surface area contributed by atoms with Crippen molar-refractivity contribution in [2.45, 2.75) is 23.2 Å². The van der Waals surface area contributed by atoms with Crippen molar-refractivity contribution in [1.82, 2.24) is 10.3 Å². The molecule has 1 heterocycles. The first-order valence-corrected chi connectivity index (χ1v) is 7.89. The Morgan fingerprint density at radius 3 is 2.53 bits per heavy atom. The lowest BCUT2D eigenvalue weighted by molar-refractivity contribution is 0.589. The summed E-state index contributed by atoms with van der Waals surface area (Å²) < 4.78 is 1.05. The number of thioether (sulfide) groups is 1. The standard InChI is InChI=1S/C15H17BrN2S/c1-11(19-15-13(16)9-6-10-18-15)14(17-2)12-7-4-3-5-8-12/h3-11,14,17H,1-2H3. The number of aromatic nitrogens is 1. The van der Waals surface area contributed by atoms with Crippen LogP contribution in [0.2, 0.25) is 0 Å². The van der Waals surface area contributed by atoms with Crippen LogP contribution in [0.3, 0.4) is 0 Å². The van der Waals surface area contributed by atoms with Gasteiger partial charge in [-0.05, 0) is 40.7 Å². The lowest BCUT2D eigenvalue weighted by Gasteiger charge is -2.23. The van der Waals surface area contributed by atoms with Crippen LogP contribution in [0.5, 0.6) is 0 Å². The van der Waals surface area contributed by atoms with E-state index in [4.69, 9.17) is 0 Å². The monoisotopic (exact) mass is 336 g/mol. The molecule has 0 saturated heterocycles. The topological polar surface area (TPSA) is 24.9 Å². The fourth-order valence-corrected chi connectivity index (χ4v) is 3.65. The van der Waals surface area contributed by atoms with Gasteiger partial charge in [0.25, 0.3) is 0 Å². The van der Waals surface area contributed by atoms with Crippen LogP contribution in [-0.2, 0) is 0 Å². The second kappa shape index (κ2) is 7.08. The molecule has 2 aromatic rings. The second-order valence-electron chi connectivity index (χ2n) is 4.29. The van der Waals surface area contributed by atoms with Gasteiger partial charge in [-0.1, -0.05) is 37.3 Å². The lowest BCUT2D eigenvalue weighted by Crippen LogP contribution is -2.25. The molecule has 2 unspecified atom stereocenters. The Labute approximate surface area is 127 Å². The highest BCUT2D eigenvalue weighted by atomic mass is 79.9. The van der Waals surface area contributed by atoms with E-state index in [1.807, 2.05) is 31.4 Å². The van der Waals surface area contributed by atoms with E-state index in [0.717, 1.165) is 9.50 Å². The molecule has 0 saturated carbocycles. The van der Waals surface area contributed by atoms with Crippen LogP contribution >= 0.6 is 27.7 Å². The molecule has 0 bridgehead atoms. The van der Waals surface area contributed by atoms with E-state index < -0.39 is 0 Å². The molecule has 4 heteroatoms. The quantitative estimate of drug-likeness (QED) is 0.824. The number of halogens is 1. The number of rotatable bonds is 5. The third-order valence-corrected chi connectivity index (χ3v) is 5.06. The van der Waals surface area contributed by atoms with Crippen molar-refractivity contribution in [2.75, 3.05) is 7.05 Å². The number of pyridine rings is 1. The lowest BCUT2D eigenvalue weighted by atomic mass is 10.0. The van der Waals surface area contributed by atoms with Gasteiger partial charge in [0.2, 0.25) is 0 Å². The molecule has 100 valence electrons. The van der Waals surface area contributed by atoms with E-state index >= 15 is 0 Å². The molecule has 1 N–H and O–H groups in total. The van der Waals surface area contributed by atoms with Crippen molar-refractivity contribution in [1.29, 1.82) is 0 Å². The van der Waals surface area contributed by atoms with Crippen molar-refractivity contribution in [3.63, 3.8) is 0 Å². The molecular weight excluding hydrogens is 320 g/mol. The summed E-state index contributed by atoms with van der Waals surface area (Å²) in [5, 5.41) is 4.81. The van der Waals surface area contributed by atoms with Gasteiger partial charge in [-0.25, -0.2) is 4.98 Å². The molecule has 0 spiro atoms. The summed E-state index contributed by atoms with van der Waals surface area (Å²) in [4.78, 5) is 4.42. The highest BCUT2D eigenvalue weighted by Gasteiger charge is 2.19. The van der Waals surface area contributed by atoms with Crippen LogP contribution in [0.1, 0.15) is 18.5 Å². The summed E-state index contributed by atoms with van der Waals surface area (Å²) in [5.74, 6) is 0. The zero-order valence-electron chi connectivity index (χ0n) is 11.0. The van der Waals surface area contributed by atoms with E-state index in [9.17, 15) is 0 Å². The SMILES string of the molecule is CNC(c1ccccc1)C(C)Sc1ncccc1Br.